The molecule has 0 fully saturated rings. The summed E-state index contributed by atoms with van der Waals surface area (Å²) in [6.45, 7) is 19.0. The number of aromatic nitrogens is 6. The van der Waals surface area contributed by atoms with Crippen LogP contribution in [0.1, 0.15) is 103 Å². The molecule has 0 amide bonds. The van der Waals surface area contributed by atoms with E-state index >= 15 is 0 Å². The molecule has 10 nitrogen and oxygen atoms in total. The Labute approximate surface area is 595 Å². The first-order chi connectivity index (χ1) is 49.6. The van der Waals surface area contributed by atoms with Crippen LogP contribution in [-0.4, -0.2) is 42.5 Å². The summed E-state index contributed by atoms with van der Waals surface area (Å²) >= 11 is 0. The first-order valence-electron chi connectivity index (χ1n) is 36.4. The maximum atomic E-state index is 6.23. The Morgan fingerprint density at radius 2 is 0.588 bits per heavy atom. The molecule has 0 spiro atoms. The molecule has 11 aromatic carbocycles. The molecule has 0 unspecified atom stereocenters. The van der Waals surface area contributed by atoms with Crippen molar-refractivity contribution in [1.82, 2.24) is 29.1 Å². The lowest BCUT2D eigenvalue weighted by molar-refractivity contribution is 0.332. The van der Waals surface area contributed by atoms with Gasteiger partial charge in [0.25, 0.3) is 13.4 Å². The molecule has 4 aliphatic heterocycles. The van der Waals surface area contributed by atoms with Gasteiger partial charge in [0.05, 0.1) is 22.1 Å². The van der Waals surface area contributed by atoms with Crippen LogP contribution < -0.4 is 52.4 Å². The van der Waals surface area contributed by atoms with Crippen LogP contribution in [0.15, 0.2) is 255 Å². The fraction of sp³-hybridized carbons (Fsp3) is 0.178. The quantitative estimate of drug-likeness (QED) is 0.153. The van der Waals surface area contributed by atoms with Gasteiger partial charge in [-0.1, -0.05) is 219 Å². The highest BCUT2D eigenvalue weighted by Gasteiger charge is 2.52. The van der Waals surface area contributed by atoms with E-state index in [0.717, 1.165) is 149 Å². The van der Waals surface area contributed by atoms with Gasteiger partial charge in [0.2, 0.25) is 11.9 Å². The van der Waals surface area contributed by atoms with E-state index in [1.807, 2.05) is 0 Å². The normalized spacial score (nSPS) is 16.7. The SMILES string of the molecule is CC1(C)CCC(C)(C)c2cc(N3c4cc5c(cc4B4c6cc7c(cc6N(c6ccccc6)c6nc(-n8c9ccccc9c9ccccc98)nc3c64)N(c3ccccc3)c3nc(-n4c6ccccc6c6ccccc64)nc4c3B7c3ccccc3N4c3ccccc3)C(C)(C)CCC5(C)C)ccc21. The van der Waals surface area contributed by atoms with Gasteiger partial charge >= 0.3 is 0 Å². The molecule has 8 heterocycles. The molecule has 4 aromatic heterocycles. The van der Waals surface area contributed by atoms with E-state index in [4.69, 9.17) is 19.9 Å². The molecule has 0 saturated heterocycles. The van der Waals surface area contributed by atoms with Crippen molar-refractivity contribution < 1.29 is 0 Å². The van der Waals surface area contributed by atoms with E-state index in [2.05, 4.69) is 339 Å². The van der Waals surface area contributed by atoms with Crippen molar-refractivity contribution in [2.45, 2.75) is 103 Å². The Bertz CT molecular complexity index is 5990. The first kappa shape index (κ1) is 59.4. The van der Waals surface area contributed by atoms with Gasteiger partial charge in [-0.05, 0) is 182 Å². The predicted octanol–water partition coefficient (Wildman–Crippen LogP) is 18.3. The summed E-state index contributed by atoms with van der Waals surface area (Å²) in [5.41, 5.74) is 24.9. The Morgan fingerprint density at radius 1 is 0.265 bits per heavy atom. The summed E-state index contributed by atoms with van der Waals surface area (Å²) in [4.78, 5) is 34.4. The summed E-state index contributed by atoms with van der Waals surface area (Å²) in [5.74, 6) is 4.59. The number of nitrogens with zero attached hydrogens (tertiary/aromatic N) is 10. The lowest BCUT2D eigenvalue weighted by atomic mass is 9.30. The minimum Gasteiger partial charge on any atom is -0.296 e. The Hall–Kier alpha value is -11.5. The minimum atomic E-state index is -0.340. The zero-order chi connectivity index (χ0) is 68.4. The van der Waals surface area contributed by atoms with E-state index in [0.29, 0.717) is 11.9 Å². The van der Waals surface area contributed by atoms with Crippen molar-refractivity contribution in [2.75, 3.05) is 19.6 Å². The van der Waals surface area contributed by atoms with Gasteiger partial charge < -0.3 is 0 Å². The third-order valence-corrected chi connectivity index (χ3v) is 24.2. The maximum Gasteiger partial charge on any atom is 0.256 e. The number of hydrogen-bond acceptors (Lipinski definition) is 8. The molecule has 102 heavy (non-hydrogen) atoms. The van der Waals surface area contributed by atoms with Crippen LogP contribution in [0.25, 0.3) is 55.5 Å². The second-order valence-corrected chi connectivity index (χ2v) is 31.9. The number of anilines is 12. The van der Waals surface area contributed by atoms with Crippen LogP contribution in [0.4, 0.5) is 68.8 Å². The lowest BCUT2D eigenvalue weighted by Crippen LogP contribution is -2.66. The second-order valence-electron chi connectivity index (χ2n) is 31.9. The molecule has 2 aliphatic carbocycles. The minimum absolute atomic E-state index is 0.0105. The van der Waals surface area contributed by atoms with Crippen molar-refractivity contribution in [2.24, 2.45) is 0 Å². The molecule has 6 aliphatic rings. The molecular formula is C90H74B2N10. The van der Waals surface area contributed by atoms with E-state index in [9.17, 15) is 0 Å². The fourth-order valence-corrected chi connectivity index (χ4v) is 18.9. The van der Waals surface area contributed by atoms with Gasteiger partial charge in [0.15, 0.2) is 0 Å². The molecular weight excluding hydrogens is 1240 g/mol. The Morgan fingerprint density at radius 3 is 1.03 bits per heavy atom. The van der Waals surface area contributed by atoms with E-state index in [-0.39, 0.29) is 35.1 Å². The average Bonchev–Trinajstić information content (AvgIpc) is 0.777. The van der Waals surface area contributed by atoms with Crippen LogP contribution in [0, 0.1) is 0 Å². The Kier molecular flexibility index (Phi) is 12.3. The van der Waals surface area contributed by atoms with Crippen molar-refractivity contribution in [3.8, 4) is 11.9 Å². The second kappa shape index (κ2) is 21.1. The number of fused-ring (bicyclic) bond motifs is 16. The topological polar surface area (TPSA) is 74.4 Å². The molecule has 15 aromatic rings. The highest BCUT2D eigenvalue weighted by atomic mass is 15.3. The first-order valence-corrected chi connectivity index (χ1v) is 36.4. The van der Waals surface area contributed by atoms with Crippen LogP contribution in [0.5, 0.6) is 0 Å². The number of rotatable bonds is 6. The third-order valence-electron chi connectivity index (χ3n) is 24.2. The van der Waals surface area contributed by atoms with E-state index in [1.54, 1.807) is 0 Å². The van der Waals surface area contributed by atoms with Gasteiger partial charge in [0.1, 0.15) is 23.3 Å². The third kappa shape index (κ3) is 8.26. The molecule has 0 radical (unpaired) electrons. The fourth-order valence-electron chi connectivity index (χ4n) is 18.9. The van der Waals surface area contributed by atoms with Gasteiger partial charge in [-0.3, -0.25) is 28.7 Å². The predicted molar refractivity (Wildman–Crippen MR) is 425 cm³/mol. The number of hydrogen-bond donors (Lipinski definition) is 0. The summed E-state index contributed by atoms with van der Waals surface area (Å²) in [7, 11) is 0. The molecule has 0 atom stereocenters. The molecule has 12 heteroatoms. The van der Waals surface area contributed by atoms with Crippen LogP contribution in [0.2, 0.25) is 0 Å². The maximum absolute atomic E-state index is 6.23. The summed E-state index contributed by atoms with van der Waals surface area (Å²) in [5, 5.41) is 4.60. The van der Waals surface area contributed by atoms with Crippen LogP contribution >= 0.6 is 0 Å². The standard InChI is InChI=1S/C90H74B2N10/c1-87(2)46-47-88(3,4)64-50-58(44-45-63(64)87)100-76-52-66-65(89(5,6)48-49-90(66,7)8)51-68(76)92-70-53-69-77(54-78(70)99(57-32-16-11-17-33-57)83-80(92)84(100)96-86(95-83)102-73-41-25-20-36-61(73)62-37-21-26-42-74(62)102)98(56-30-14-10-15-31-56)82-79-81(97(55-28-12-9-13-29-55)75-43-27-22-38-67(75)91(69)79)93-85(94-82)101-71-39-23-18-34-59(71)60-35-19-24-40-72(60)101/h9-45,50-54H,46-49H2,1-8H3. The van der Waals surface area contributed by atoms with Crippen molar-refractivity contribution in [3.05, 3.63) is 277 Å². The number of para-hydroxylation sites is 8. The zero-order valence-electron chi connectivity index (χ0n) is 58.7. The van der Waals surface area contributed by atoms with Crippen LogP contribution in [-0.2, 0) is 21.7 Å². The van der Waals surface area contributed by atoms with Crippen molar-refractivity contribution in [3.63, 3.8) is 0 Å². The highest BCUT2D eigenvalue weighted by molar-refractivity contribution is 7.03. The summed E-state index contributed by atoms with van der Waals surface area (Å²) < 4.78 is 4.61. The smallest absolute Gasteiger partial charge is 0.256 e. The highest BCUT2D eigenvalue weighted by Crippen LogP contribution is 2.54. The van der Waals surface area contributed by atoms with Crippen LogP contribution in [0.3, 0.4) is 0 Å². The van der Waals surface area contributed by atoms with E-state index < -0.39 is 0 Å². The molecule has 0 N–H and O–H groups in total. The zero-order valence-corrected chi connectivity index (χ0v) is 58.7. The molecule has 21 rings (SSSR count). The summed E-state index contributed by atoms with van der Waals surface area (Å²) in [6.07, 6.45) is 4.38. The largest absolute Gasteiger partial charge is 0.296 e. The number of benzene rings is 11. The van der Waals surface area contributed by atoms with Crippen molar-refractivity contribution >= 4 is 159 Å². The summed E-state index contributed by atoms with van der Waals surface area (Å²) in [6, 6.07) is 94.5. The molecule has 490 valence electrons. The van der Waals surface area contributed by atoms with Gasteiger partial charge in [0, 0.05) is 78.0 Å². The van der Waals surface area contributed by atoms with Gasteiger partial charge in [-0.25, -0.2) is 0 Å². The van der Waals surface area contributed by atoms with Crippen molar-refractivity contribution in [1.29, 1.82) is 0 Å². The molecule has 0 saturated carbocycles. The van der Waals surface area contributed by atoms with E-state index in [1.165, 1.54) is 44.1 Å². The monoisotopic (exact) mass is 1320 g/mol. The average molecular weight is 1320 g/mol. The Balaban J connectivity index is 0.916. The lowest BCUT2D eigenvalue weighted by Gasteiger charge is -2.48. The molecule has 0 bridgehead atoms. The van der Waals surface area contributed by atoms with Gasteiger partial charge in [-0.2, -0.15) is 19.9 Å². The van der Waals surface area contributed by atoms with Gasteiger partial charge in [-0.15, -0.1) is 0 Å².